The van der Waals surface area contributed by atoms with Crippen molar-refractivity contribution in [1.82, 2.24) is 25.0 Å². The predicted molar refractivity (Wildman–Crippen MR) is 115 cm³/mol. The Kier molecular flexibility index (Phi) is 6.49. The zero-order chi connectivity index (χ0) is 21.1. The van der Waals surface area contributed by atoms with Gasteiger partial charge in [0.05, 0.1) is 18.6 Å². The number of amides is 1. The van der Waals surface area contributed by atoms with Crippen molar-refractivity contribution >= 4 is 5.91 Å². The highest BCUT2D eigenvalue weighted by Crippen LogP contribution is 2.24. The van der Waals surface area contributed by atoms with Crippen molar-refractivity contribution in [2.24, 2.45) is 11.8 Å². The molecular formula is C23H33N5O2. The van der Waals surface area contributed by atoms with E-state index in [-0.39, 0.29) is 23.8 Å². The van der Waals surface area contributed by atoms with Crippen LogP contribution in [0, 0.1) is 18.8 Å². The fraction of sp³-hybridized carbons (Fsp3) is 0.609. The molecule has 4 rings (SSSR count). The standard InChI is InChI=1S/C23H33N5O2/c1-16(2)21(24-23(29)19-9-13-30-15-19)22-26-25-20-8-10-27(11-12-28(20)22)14-18-7-5-4-6-17(18)3/h4-7,16,19,21H,8-15H2,1-3H3,(H,24,29). The van der Waals surface area contributed by atoms with Gasteiger partial charge in [-0.3, -0.25) is 9.69 Å². The van der Waals surface area contributed by atoms with E-state index in [4.69, 9.17) is 4.74 Å². The van der Waals surface area contributed by atoms with Crippen LogP contribution in [0.2, 0.25) is 0 Å². The minimum Gasteiger partial charge on any atom is -0.381 e. The molecule has 0 bridgehead atoms. The summed E-state index contributed by atoms with van der Waals surface area (Å²) in [5.74, 6) is 2.14. The summed E-state index contributed by atoms with van der Waals surface area (Å²) in [6.07, 6.45) is 1.66. The Labute approximate surface area is 178 Å². The second kappa shape index (κ2) is 9.27. The highest BCUT2D eigenvalue weighted by Gasteiger charge is 2.31. The molecule has 2 aromatic rings. The van der Waals surface area contributed by atoms with E-state index in [1.165, 1.54) is 11.1 Å². The number of carbonyl (C=O) groups is 1. The molecule has 1 N–H and O–H groups in total. The van der Waals surface area contributed by atoms with E-state index < -0.39 is 0 Å². The van der Waals surface area contributed by atoms with Gasteiger partial charge in [-0.05, 0) is 30.4 Å². The van der Waals surface area contributed by atoms with Gasteiger partial charge < -0.3 is 14.6 Å². The van der Waals surface area contributed by atoms with Gasteiger partial charge >= 0.3 is 0 Å². The molecule has 30 heavy (non-hydrogen) atoms. The lowest BCUT2D eigenvalue weighted by molar-refractivity contribution is -0.126. The molecule has 0 aliphatic carbocycles. The molecule has 7 nitrogen and oxygen atoms in total. The quantitative estimate of drug-likeness (QED) is 0.791. The van der Waals surface area contributed by atoms with Gasteiger partial charge in [-0.2, -0.15) is 0 Å². The van der Waals surface area contributed by atoms with Crippen LogP contribution in [-0.2, 0) is 29.0 Å². The number of aromatic nitrogens is 3. The van der Waals surface area contributed by atoms with Crippen LogP contribution in [0.4, 0.5) is 0 Å². The Bertz CT molecular complexity index is 872. The number of aryl methyl sites for hydroxylation is 1. The Balaban J connectivity index is 1.47. The zero-order valence-electron chi connectivity index (χ0n) is 18.3. The molecule has 2 aliphatic rings. The number of nitrogens with one attached hydrogen (secondary N) is 1. The van der Waals surface area contributed by atoms with E-state index in [0.29, 0.717) is 13.2 Å². The molecule has 3 heterocycles. The van der Waals surface area contributed by atoms with Gasteiger partial charge in [0.25, 0.3) is 0 Å². The molecule has 1 amide bonds. The molecule has 2 atom stereocenters. The lowest BCUT2D eigenvalue weighted by atomic mass is 10.0. The first-order valence-electron chi connectivity index (χ1n) is 11.1. The summed E-state index contributed by atoms with van der Waals surface area (Å²) in [6.45, 7) is 11.3. The van der Waals surface area contributed by atoms with Crippen LogP contribution in [0.5, 0.6) is 0 Å². The van der Waals surface area contributed by atoms with Gasteiger partial charge in [-0.1, -0.05) is 38.1 Å². The maximum absolute atomic E-state index is 12.7. The summed E-state index contributed by atoms with van der Waals surface area (Å²) in [5.41, 5.74) is 2.71. The van der Waals surface area contributed by atoms with Crippen molar-refractivity contribution in [1.29, 1.82) is 0 Å². The Hall–Kier alpha value is -2.25. The van der Waals surface area contributed by atoms with Gasteiger partial charge in [0.15, 0.2) is 5.82 Å². The smallest absolute Gasteiger partial charge is 0.226 e. The van der Waals surface area contributed by atoms with Gasteiger partial charge in [-0.15, -0.1) is 10.2 Å². The van der Waals surface area contributed by atoms with Crippen molar-refractivity contribution in [2.75, 3.05) is 26.3 Å². The van der Waals surface area contributed by atoms with Crippen LogP contribution in [0.3, 0.4) is 0 Å². The topological polar surface area (TPSA) is 72.3 Å². The summed E-state index contributed by atoms with van der Waals surface area (Å²) in [4.78, 5) is 15.2. The molecular weight excluding hydrogens is 378 g/mol. The van der Waals surface area contributed by atoms with Crippen LogP contribution in [0.15, 0.2) is 24.3 Å². The second-order valence-corrected chi connectivity index (χ2v) is 8.87. The zero-order valence-corrected chi connectivity index (χ0v) is 18.3. The van der Waals surface area contributed by atoms with Crippen LogP contribution >= 0.6 is 0 Å². The largest absolute Gasteiger partial charge is 0.381 e. The van der Waals surface area contributed by atoms with E-state index in [9.17, 15) is 4.79 Å². The van der Waals surface area contributed by atoms with Crippen molar-refractivity contribution in [3.63, 3.8) is 0 Å². The monoisotopic (exact) mass is 411 g/mol. The number of benzene rings is 1. The van der Waals surface area contributed by atoms with Crippen LogP contribution < -0.4 is 5.32 Å². The molecule has 2 unspecified atom stereocenters. The third kappa shape index (κ3) is 4.57. The lowest BCUT2D eigenvalue weighted by Gasteiger charge is -2.24. The van der Waals surface area contributed by atoms with E-state index in [2.05, 4.69) is 70.0 Å². The number of fused-ring (bicyclic) bond motifs is 1. The first-order chi connectivity index (χ1) is 14.5. The summed E-state index contributed by atoms with van der Waals surface area (Å²) in [6, 6.07) is 8.45. The van der Waals surface area contributed by atoms with Gasteiger partial charge in [0.1, 0.15) is 5.82 Å². The number of hydrogen-bond donors (Lipinski definition) is 1. The predicted octanol–water partition coefficient (Wildman–Crippen LogP) is 2.49. The lowest BCUT2D eigenvalue weighted by Crippen LogP contribution is -2.38. The van der Waals surface area contributed by atoms with Crippen molar-refractivity contribution < 1.29 is 9.53 Å². The molecule has 0 radical (unpaired) electrons. The van der Waals surface area contributed by atoms with E-state index >= 15 is 0 Å². The average Bonchev–Trinajstić information content (AvgIpc) is 3.36. The third-order valence-electron chi connectivity index (χ3n) is 6.35. The fourth-order valence-corrected chi connectivity index (χ4v) is 4.35. The third-order valence-corrected chi connectivity index (χ3v) is 6.35. The second-order valence-electron chi connectivity index (χ2n) is 8.87. The highest BCUT2D eigenvalue weighted by molar-refractivity contribution is 5.79. The summed E-state index contributed by atoms with van der Waals surface area (Å²) in [5, 5.41) is 12.2. The van der Waals surface area contributed by atoms with Crippen molar-refractivity contribution in [3.05, 3.63) is 47.0 Å². The number of carbonyl (C=O) groups excluding carboxylic acids is 1. The molecule has 162 valence electrons. The van der Waals surface area contributed by atoms with Gasteiger partial charge in [0.2, 0.25) is 5.91 Å². The van der Waals surface area contributed by atoms with Crippen LogP contribution in [-0.4, -0.2) is 51.9 Å². The van der Waals surface area contributed by atoms with E-state index in [1.807, 2.05) is 0 Å². The normalized spacial score (nSPS) is 20.7. The molecule has 1 saturated heterocycles. The summed E-state index contributed by atoms with van der Waals surface area (Å²) >= 11 is 0. The molecule has 0 spiro atoms. The molecule has 1 aromatic heterocycles. The van der Waals surface area contributed by atoms with Gasteiger partial charge in [0, 0.05) is 39.2 Å². The summed E-state index contributed by atoms with van der Waals surface area (Å²) in [7, 11) is 0. The molecule has 1 aromatic carbocycles. The SMILES string of the molecule is Cc1ccccc1CN1CCc2nnc(C(NC(=O)C3CCOC3)C(C)C)n2CC1. The maximum Gasteiger partial charge on any atom is 0.226 e. The Morgan fingerprint density at radius 2 is 2.07 bits per heavy atom. The molecule has 1 fully saturated rings. The van der Waals surface area contributed by atoms with E-state index in [0.717, 1.165) is 50.7 Å². The highest BCUT2D eigenvalue weighted by atomic mass is 16.5. The minimum atomic E-state index is -0.137. The number of nitrogens with zero attached hydrogens (tertiary/aromatic N) is 4. The molecule has 0 saturated carbocycles. The van der Waals surface area contributed by atoms with Gasteiger partial charge in [-0.25, -0.2) is 0 Å². The van der Waals surface area contributed by atoms with E-state index in [1.54, 1.807) is 0 Å². The average molecular weight is 412 g/mol. The Morgan fingerprint density at radius 1 is 1.23 bits per heavy atom. The van der Waals surface area contributed by atoms with Crippen LogP contribution in [0.1, 0.15) is 49.1 Å². The Morgan fingerprint density at radius 3 is 2.80 bits per heavy atom. The summed E-state index contributed by atoms with van der Waals surface area (Å²) < 4.78 is 7.62. The molecule has 2 aliphatic heterocycles. The van der Waals surface area contributed by atoms with Crippen molar-refractivity contribution in [3.8, 4) is 0 Å². The number of hydrogen-bond acceptors (Lipinski definition) is 5. The van der Waals surface area contributed by atoms with Crippen molar-refractivity contribution in [2.45, 2.75) is 52.7 Å². The number of ether oxygens (including phenoxy) is 1. The fourth-order valence-electron chi connectivity index (χ4n) is 4.35. The number of rotatable bonds is 6. The minimum absolute atomic E-state index is 0.0534. The molecule has 7 heteroatoms. The first kappa shape index (κ1) is 21.0. The maximum atomic E-state index is 12.7. The first-order valence-corrected chi connectivity index (χ1v) is 11.1. The van der Waals surface area contributed by atoms with Crippen LogP contribution in [0.25, 0.3) is 0 Å².